The largest absolute Gasteiger partial charge is 0.465 e. The predicted molar refractivity (Wildman–Crippen MR) is 196 cm³/mol. The minimum Gasteiger partial charge on any atom is -0.465 e. The molecule has 0 aromatic carbocycles. The number of thiol groups is 2. The number of carbonyl (C=O) groups excluding carboxylic acids is 2. The number of carbonyl (C=O) groups is 2. The molecule has 4 aromatic rings. The van der Waals surface area contributed by atoms with Gasteiger partial charge in [-0.1, -0.05) is 50.4 Å². The lowest BCUT2D eigenvalue weighted by atomic mass is 10.2. The summed E-state index contributed by atoms with van der Waals surface area (Å²) in [6.45, 7) is 17.2. The molecule has 4 heterocycles. The summed E-state index contributed by atoms with van der Waals surface area (Å²) < 4.78 is 14.7. The molecule has 48 heavy (non-hydrogen) atoms. The van der Waals surface area contributed by atoms with Crippen molar-refractivity contribution in [3.05, 3.63) is 67.3 Å². The van der Waals surface area contributed by atoms with Crippen LogP contribution in [0.5, 0.6) is 0 Å². The zero-order valence-corrected chi connectivity index (χ0v) is 32.3. The first-order chi connectivity index (χ1) is 22.8. The number of hydrogen-bond acceptors (Lipinski definition) is 14. The van der Waals surface area contributed by atoms with Gasteiger partial charge in [-0.2, -0.15) is 9.13 Å². The second kappa shape index (κ2) is 20.2. The maximum Gasteiger partial charge on any atom is 0.308 e. The molecular weight excluding hydrogens is 689 g/mol. The Bertz CT molecular complexity index is 1520. The Morgan fingerprint density at radius 3 is 1.40 bits per heavy atom. The zero-order chi connectivity index (χ0) is 36.0. The first-order valence-corrected chi connectivity index (χ1v) is 18.7. The summed E-state index contributed by atoms with van der Waals surface area (Å²) in [5.41, 5.74) is 20.1. The highest BCUT2D eigenvalue weighted by atomic mass is 33.1. The molecular formula is C32H48N8O4S4+2. The van der Waals surface area contributed by atoms with E-state index in [4.69, 9.17) is 20.9 Å². The summed E-state index contributed by atoms with van der Waals surface area (Å²) in [6.07, 6.45) is 4.99. The summed E-state index contributed by atoms with van der Waals surface area (Å²) in [4.78, 5) is 42.1. The molecule has 12 nitrogen and oxygen atoms in total. The van der Waals surface area contributed by atoms with Gasteiger partial charge in [-0.05, 0) is 13.8 Å². The van der Waals surface area contributed by atoms with Crippen LogP contribution < -0.4 is 20.6 Å². The maximum atomic E-state index is 11.5. The van der Waals surface area contributed by atoms with Crippen molar-refractivity contribution in [3.8, 4) is 0 Å². The monoisotopic (exact) mass is 736 g/mol. The number of anilines is 2. The highest BCUT2D eigenvalue weighted by Crippen LogP contribution is 2.16. The van der Waals surface area contributed by atoms with Gasteiger partial charge in [0.2, 0.25) is 11.0 Å². The normalized spacial score (nSPS) is 10.7. The fourth-order valence-corrected chi connectivity index (χ4v) is 6.10. The lowest BCUT2D eigenvalue weighted by Gasteiger charge is -2.05. The topological polar surface area (TPSA) is 164 Å². The number of nitrogens with two attached hydrogens (primary N) is 2. The Morgan fingerprint density at radius 2 is 1.08 bits per heavy atom. The average molecular weight is 737 g/mol. The van der Waals surface area contributed by atoms with E-state index in [-0.39, 0.29) is 23.8 Å². The number of rotatable bonds is 12. The van der Waals surface area contributed by atoms with Crippen molar-refractivity contribution >= 4 is 69.6 Å². The molecule has 0 fully saturated rings. The Labute approximate surface area is 301 Å². The van der Waals surface area contributed by atoms with Crippen LogP contribution in [0.15, 0.2) is 23.4 Å². The fourth-order valence-electron chi connectivity index (χ4n) is 4.15. The van der Waals surface area contributed by atoms with Gasteiger partial charge in [0, 0.05) is 39.1 Å². The minimum absolute atomic E-state index is 0.0890. The van der Waals surface area contributed by atoms with Crippen molar-refractivity contribution < 1.29 is 28.2 Å². The van der Waals surface area contributed by atoms with Gasteiger partial charge in [0.05, 0.1) is 45.9 Å². The van der Waals surface area contributed by atoms with Gasteiger partial charge in [-0.25, -0.2) is 19.9 Å². The first-order valence-electron chi connectivity index (χ1n) is 15.4. The molecule has 16 heteroatoms. The predicted octanol–water partition coefficient (Wildman–Crippen LogP) is 4.39. The Kier molecular flexibility index (Phi) is 17.2. The minimum atomic E-state index is -0.156. The molecule has 4 aromatic heterocycles. The first kappa shape index (κ1) is 40.8. The Morgan fingerprint density at radius 1 is 0.729 bits per heavy atom. The van der Waals surface area contributed by atoms with E-state index in [1.165, 1.54) is 9.75 Å². The number of nitrogen functional groups attached to an aromatic ring is 2. The molecule has 4 N–H and O–H groups in total. The average Bonchev–Trinajstić information content (AvgIpc) is 3.57. The SMILES string of the molecule is Cc1ncc(C[n+]2csc(CCOC(=O)C(C)C)c2C)c(N)n1.Cc1ncc(C[n+]2csc(CCOC(=O)C(C)C)c2C)c(N)n1.SS. The second-order valence-electron chi connectivity index (χ2n) is 11.5. The molecule has 0 spiro atoms. The van der Waals surface area contributed by atoms with Crippen LogP contribution in [0, 0.1) is 39.5 Å². The third-order valence-corrected chi connectivity index (χ3v) is 9.41. The van der Waals surface area contributed by atoms with E-state index >= 15 is 0 Å². The van der Waals surface area contributed by atoms with Crippen molar-refractivity contribution in [1.29, 1.82) is 0 Å². The second-order valence-corrected chi connectivity index (χ2v) is 13.4. The van der Waals surface area contributed by atoms with Crippen LogP contribution in [0.25, 0.3) is 0 Å². The fraction of sp³-hybridized carbons (Fsp3) is 0.500. The van der Waals surface area contributed by atoms with Crippen molar-refractivity contribution in [2.75, 3.05) is 24.7 Å². The Balaban J connectivity index is 0.000000317. The standard InChI is InChI=1S/2C16H23N4O2S.H2S2/c2*1-10(2)16(21)22-6-5-14-11(3)20(9-23-14)8-13-7-18-12(4)19-15(13)17;1-2/h2*7,9-10H,5-6,8H2,1-4H3,(H2,17,18,19);1-2H/q2*+1;. The summed E-state index contributed by atoms with van der Waals surface area (Å²) >= 11 is 9.75. The summed E-state index contributed by atoms with van der Waals surface area (Å²) in [5.74, 6) is 1.89. The van der Waals surface area contributed by atoms with Crippen molar-refractivity contribution in [3.63, 3.8) is 0 Å². The quantitative estimate of drug-likeness (QED) is 0.0710. The molecule has 0 aliphatic heterocycles. The highest BCUT2D eigenvalue weighted by molar-refractivity contribution is 8.59. The Hall–Kier alpha value is -3.34. The molecule has 0 aliphatic carbocycles. The molecule has 0 aliphatic rings. The van der Waals surface area contributed by atoms with E-state index in [0.29, 0.717) is 49.6 Å². The lowest BCUT2D eigenvalue weighted by Crippen LogP contribution is -2.35. The number of esters is 2. The molecule has 0 unspecified atom stereocenters. The number of thiazole rings is 2. The smallest absolute Gasteiger partial charge is 0.308 e. The van der Waals surface area contributed by atoms with E-state index in [2.05, 4.69) is 66.2 Å². The van der Waals surface area contributed by atoms with Crippen molar-refractivity contribution in [2.45, 2.75) is 81.3 Å². The van der Waals surface area contributed by atoms with Gasteiger partial charge in [0.15, 0.2) is 24.5 Å². The van der Waals surface area contributed by atoms with E-state index in [9.17, 15) is 9.59 Å². The van der Waals surface area contributed by atoms with Gasteiger partial charge in [-0.15, -0.1) is 23.3 Å². The van der Waals surface area contributed by atoms with Gasteiger partial charge in [0.25, 0.3) is 0 Å². The van der Waals surface area contributed by atoms with Crippen LogP contribution in [0.1, 0.15) is 71.6 Å². The summed E-state index contributed by atoms with van der Waals surface area (Å²) in [5, 5.41) is 0. The van der Waals surface area contributed by atoms with E-state index in [1.807, 2.05) is 52.6 Å². The molecule has 0 atom stereocenters. The van der Waals surface area contributed by atoms with Crippen LogP contribution in [0.4, 0.5) is 11.6 Å². The molecule has 0 saturated heterocycles. The number of hydrogen-bond donors (Lipinski definition) is 4. The third-order valence-electron chi connectivity index (χ3n) is 7.12. The van der Waals surface area contributed by atoms with Crippen LogP contribution in [0.3, 0.4) is 0 Å². The van der Waals surface area contributed by atoms with Crippen LogP contribution in [-0.2, 0) is 45.0 Å². The summed E-state index contributed by atoms with van der Waals surface area (Å²) in [6, 6.07) is 0. The lowest BCUT2D eigenvalue weighted by molar-refractivity contribution is -0.689. The molecule has 0 bridgehead atoms. The van der Waals surface area contributed by atoms with Crippen LogP contribution in [0.2, 0.25) is 0 Å². The molecule has 0 radical (unpaired) electrons. The van der Waals surface area contributed by atoms with E-state index in [1.54, 1.807) is 35.1 Å². The van der Waals surface area contributed by atoms with Crippen LogP contribution in [-0.4, -0.2) is 45.1 Å². The van der Waals surface area contributed by atoms with Gasteiger partial charge in [-0.3, -0.25) is 9.59 Å². The number of nitrogens with zero attached hydrogens (tertiary/aromatic N) is 6. The number of aryl methyl sites for hydroxylation is 2. The number of aromatic nitrogens is 6. The van der Waals surface area contributed by atoms with E-state index in [0.717, 1.165) is 35.4 Å². The summed E-state index contributed by atoms with van der Waals surface area (Å²) in [7, 11) is 0. The van der Waals surface area contributed by atoms with Gasteiger partial charge in [0.1, 0.15) is 23.3 Å². The highest BCUT2D eigenvalue weighted by Gasteiger charge is 2.20. The molecule has 0 saturated carbocycles. The van der Waals surface area contributed by atoms with Crippen molar-refractivity contribution in [1.82, 2.24) is 19.9 Å². The maximum absolute atomic E-state index is 11.5. The van der Waals surface area contributed by atoms with Crippen molar-refractivity contribution in [2.24, 2.45) is 11.8 Å². The molecule has 4 rings (SSSR count). The van der Waals surface area contributed by atoms with Gasteiger partial charge >= 0.3 is 11.9 Å². The molecule has 262 valence electrons. The number of ether oxygens (including phenoxy) is 2. The molecule has 0 amide bonds. The van der Waals surface area contributed by atoms with Gasteiger partial charge < -0.3 is 20.9 Å². The van der Waals surface area contributed by atoms with E-state index < -0.39 is 0 Å². The zero-order valence-electron chi connectivity index (χ0n) is 28.9. The third kappa shape index (κ3) is 12.6. The van der Waals surface area contributed by atoms with Crippen LogP contribution >= 0.6 is 46.0 Å².